The fourth-order valence-corrected chi connectivity index (χ4v) is 3.25. The number of pyridine rings is 1. The van der Waals surface area contributed by atoms with Crippen molar-refractivity contribution in [1.82, 2.24) is 10.3 Å². The predicted octanol–water partition coefficient (Wildman–Crippen LogP) is 2.92. The lowest BCUT2D eigenvalue weighted by Crippen LogP contribution is -2.38. The highest BCUT2D eigenvalue weighted by atomic mass is 16.3. The number of hydrogen-bond donors (Lipinski definition) is 3. The zero-order chi connectivity index (χ0) is 18.2. The van der Waals surface area contributed by atoms with Gasteiger partial charge in [-0.1, -0.05) is 13.8 Å². The first-order valence-electron chi connectivity index (χ1n) is 8.16. The maximum absolute atomic E-state index is 12.4. The van der Waals surface area contributed by atoms with Gasteiger partial charge in [0.05, 0.1) is 17.9 Å². The van der Waals surface area contributed by atoms with Crippen LogP contribution in [0.4, 0.5) is 10.5 Å². The number of aromatic nitrogens is 1. The SMILES string of the molecule is Cc1cc2c(o1)CC(C)(C)CC2NC(=O)Nc1ccc(C(N)=O)nc1. The van der Waals surface area contributed by atoms with Crippen molar-refractivity contribution in [3.05, 3.63) is 47.2 Å². The molecular formula is C18H22N4O3. The van der Waals surface area contributed by atoms with Crippen LogP contribution in [-0.2, 0) is 6.42 Å². The second kappa shape index (κ2) is 6.23. The Morgan fingerprint density at radius 1 is 1.36 bits per heavy atom. The molecule has 0 spiro atoms. The summed E-state index contributed by atoms with van der Waals surface area (Å²) in [6, 6.07) is 4.60. The largest absolute Gasteiger partial charge is 0.466 e. The van der Waals surface area contributed by atoms with Gasteiger partial charge < -0.3 is 20.8 Å². The number of carbonyl (C=O) groups excluding carboxylic acids is 2. The highest BCUT2D eigenvalue weighted by molar-refractivity contribution is 5.92. The van der Waals surface area contributed by atoms with Crippen LogP contribution in [0.25, 0.3) is 0 Å². The van der Waals surface area contributed by atoms with Crippen LogP contribution in [0, 0.1) is 12.3 Å². The van der Waals surface area contributed by atoms with E-state index in [0.717, 1.165) is 29.9 Å². The van der Waals surface area contributed by atoms with Gasteiger partial charge in [0.1, 0.15) is 17.2 Å². The van der Waals surface area contributed by atoms with Crippen LogP contribution in [0.15, 0.2) is 28.8 Å². The lowest BCUT2D eigenvalue weighted by Gasteiger charge is -2.34. The Morgan fingerprint density at radius 3 is 2.76 bits per heavy atom. The maximum Gasteiger partial charge on any atom is 0.319 e. The topological polar surface area (TPSA) is 110 Å². The van der Waals surface area contributed by atoms with Crippen LogP contribution < -0.4 is 16.4 Å². The van der Waals surface area contributed by atoms with E-state index in [1.165, 1.54) is 12.3 Å². The third kappa shape index (κ3) is 3.81. The molecule has 0 fully saturated rings. The molecule has 2 aromatic rings. The average Bonchev–Trinajstić information content (AvgIpc) is 2.86. The van der Waals surface area contributed by atoms with Gasteiger partial charge in [-0.2, -0.15) is 0 Å². The average molecular weight is 342 g/mol. The Bertz CT molecular complexity index is 808. The minimum absolute atomic E-state index is 0.0416. The van der Waals surface area contributed by atoms with E-state index in [0.29, 0.717) is 5.69 Å². The van der Waals surface area contributed by atoms with Crippen LogP contribution in [0.3, 0.4) is 0 Å². The van der Waals surface area contributed by atoms with Crippen molar-refractivity contribution in [2.24, 2.45) is 11.1 Å². The lowest BCUT2D eigenvalue weighted by molar-refractivity contribution is 0.0995. The van der Waals surface area contributed by atoms with Crippen molar-refractivity contribution in [2.75, 3.05) is 5.32 Å². The van der Waals surface area contributed by atoms with Gasteiger partial charge in [0.25, 0.3) is 5.91 Å². The van der Waals surface area contributed by atoms with E-state index in [9.17, 15) is 9.59 Å². The summed E-state index contributed by atoms with van der Waals surface area (Å²) in [5, 5.41) is 5.73. The quantitative estimate of drug-likeness (QED) is 0.796. The van der Waals surface area contributed by atoms with E-state index in [4.69, 9.17) is 10.2 Å². The number of anilines is 1. The normalized spacial score (nSPS) is 18.3. The molecule has 1 aliphatic carbocycles. The number of amides is 3. The third-order valence-corrected chi connectivity index (χ3v) is 4.32. The van der Waals surface area contributed by atoms with Gasteiger partial charge in [-0.3, -0.25) is 4.79 Å². The molecule has 7 nitrogen and oxygen atoms in total. The molecule has 0 aliphatic heterocycles. The van der Waals surface area contributed by atoms with E-state index in [1.807, 2.05) is 13.0 Å². The predicted molar refractivity (Wildman–Crippen MR) is 93.2 cm³/mol. The summed E-state index contributed by atoms with van der Waals surface area (Å²) in [4.78, 5) is 27.3. The monoisotopic (exact) mass is 342 g/mol. The van der Waals surface area contributed by atoms with E-state index in [1.54, 1.807) is 6.07 Å². The number of primary amides is 1. The smallest absolute Gasteiger partial charge is 0.319 e. The van der Waals surface area contributed by atoms with Gasteiger partial charge in [-0.05, 0) is 37.0 Å². The van der Waals surface area contributed by atoms with Gasteiger partial charge in [-0.15, -0.1) is 0 Å². The van der Waals surface area contributed by atoms with Gasteiger partial charge in [0.2, 0.25) is 0 Å². The standard InChI is InChI=1S/C18H22N4O3/c1-10-6-12-14(7-18(2,3)8-15(12)25-10)22-17(24)21-11-4-5-13(16(19)23)20-9-11/h4-6,9,14H,7-8H2,1-3H3,(H2,19,23)(H2,21,22,24). The molecule has 4 N–H and O–H groups in total. The number of carbonyl (C=O) groups is 2. The summed E-state index contributed by atoms with van der Waals surface area (Å²) in [7, 11) is 0. The molecule has 132 valence electrons. The first kappa shape index (κ1) is 17.0. The van der Waals surface area contributed by atoms with Crippen molar-refractivity contribution in [2.45, 2.75) is 39.7 Å². The molecule has 0 radical (unpaired) electrons. The number of nitrogens with two attached hydrogens (primary N) is 1. The highest BCUT2D eigenvalue weighted by Gasteiger charge is 2.35. The van der Waals surface area contributed by atoms with Crippen molar-refractivity contribution in [3.8, 4) is 0 Å². The number of hydrogen-bond acceptors (Lipinski definition) is 4. The van der Waals surface area contributed by atoms with Gasteiger partial charge >= 0.3 is 6.03 Å². The van der Waals surface area contributed by atoms with E-state index in [2.05, 4.69) is 29.5 Å². The second-order valence-corrected chi connectivity index (χ2v) is 7.23. The number of nitrogens with zero attached hydrogens (tertiary/aromatic N) is 1. The Balaban J connectivity index is 1.71. The lowest BCUT2D eigenvalue weighted by atomic mass is 9.75. The van der Waals surface area contributed by atoms with Gasteiger partial charge in [0.15, 0.2) is 0 Å². The van der Waals surface area contributed by atoms with Crippen LogP contribution in [0.1, 0.15) is 53.9 Å². The molecule has 3 amide bonds. The molecule has 7 heteroatoms. The number of furan rings is 1. The van der Waals surface area contributed by atoms with Gasteiger partial charge in [-0.25, -0.2) is 9.78 Å². The summed E-state index contributed by atoms with van der Waals surface area (Å²) < 4.78 is 5.78. The van der Waals surface area contributed by atoms with Crippen LogP contribution in [0.5, 0.6) is 0 Å². The third-order valence-electron chi connectivity index (χ3n) is 4.32. The molecule has 0 bridgehead atoms. The second-order valence-electron chi connectivity index (χ2n) is 7.23. The van der Waals surface area contributed by atoms with Crippen molar-refractivity contribution in [1.29, 1.82) is 0 Å². The number of rotatable bonds is 3. The van der Waals surface area contributed by atoms with Crippen LogP contribution in [0.2, 0.25) is 0 Å². The van der Waals surface area contributed by atoms with Crippen LogP contribution >= 0.6 is 0 Å². The minimum atomic E-state index is -0.608. The molecule has 0 saturated carbocycles. The van der Waals surface area contributed by atoms with E-state index < -0.39 is 5.91 Å². The number of aryl methyl sites for hydroxylation is 1. The molecule has 1 atom stereocenters. The first-order chi connectivity index (χ1) is 11.7. The number of nitrogens with one attached hydrogen (secondary N) is 2. The summed E-state index contributed by atoms with van der Waals surface area (Å²) in [5.41, 5.74) is 6.87. The fraction of sp³-hybridized carbons (Fsp3) is 0.389. The van der Waals surface area contributed by atoms with E-state index in [-0.39, 0.29) is 23.2 Å². The molecular weight excluding hydrogens is 320 g/mol. The minimum Gasteiger partial charge on any atom is -0.466 e. The summed E-state index contributed by atoms with van der Waals surface area (Å²) in [6.45, 7) is 6.23. The summed E-state index contributed by atoms with van der Waals surface area (Å²) >= 11 is 0. The number of fused-ring (bicyclic) bond motifs is 1. The summed E-state index contributed by atoms with van der Waals surface area (Å²) in [6.07, 6.45) is 3.08. The molecule has 3 rings (SSSR count). The van der Waals surface area contributed by atoms with Crippen molar-refractivity contribution >= 4 is 17.6 Å². The Labute approximate surface area is 146 Å². The molecule has 25 heavy (non-hydrogen) atoms. The zero-order valence-corrected chi connectivity index (χ0v) is 14.6. The van der Waals surface area contributed by atoms with E-state index >= 15 is 0 Å². The molecule has 1 unspecified atom stereocenters. The zero-order valence-electron chi connectivity index (χ0n) is 14.6. The molecule has 2 heterocycles. The maximum atomic E-state index is 12.4. The van der Waals surface area contributed by atoms with Crippen molar-refractivity contribution < 1.29 is 14.0 Å². The van der Waals surface area contributed by atoms with Gasteiger partial charge in [0, 0.05) is 12.0 Å². The first-order valence-corrected chi connectivity index (χ1v) is 8.16. The Hall–Kier alpha value is -2.83. The Kier molecular flexibility index (Phi) is 4.24. The highest BCUT2D eigenvalue weighted by Crippen LogP contribution is 2.41. The summed E-state index contributed by atoms with van der Waals surface area (Å²) in [5.74, 6) is 1.18. The molecule has 1 aliphatic rings. The number of urea groups is 1. The molecule has 0 saturated heterocycles. The Morgan fingerprint density at radius 2 is 2.12 bits per heavy atom. The fourth-order valence-electron chi connectivity index (χ4n) is 3.25. The van der Waals surface area contributed by atoms with Crippen molar-refractivity contribution in [3.63, 3.8) is 0 Å². The molecule has 0 aromatic carbocycles. The van der Waals surface area contributed by atoms with Crippen LogP contribution in [-0.4, -0.2) is 16.9 Å². The molecule has 2 aromatic heterocycles.